The summed E-state index contributed by atoms with van der Waals surface area (Å²) < 4.78 is 0. The Morgan fingerprint density at radius 3 is 3.00 bits per heavy atom. The molecule has 2 heteroatoms. The number of benzene rings is 1. The Hall–Kier alpha value is -1.83. The summed E-state index contributed by atoms with van der Waals surface area (Å²) in [5.74, 6) is 0.636. The fourth-order valence-electron chi connectivity index (χ4n) is 3.25. The molecule has 2 unspecified atom stereocenters. The standard InChI is InChI=1S/C15H12NO/c17-14-8-6-10-9(14)5-7-13-15(10)11-3-1-2-4-12(11)16-13/h1-5,7,13,15H,6,8H2. The third-order valence-corrected chi connectivity index (χ3v) is 4.00. The van der Waals surface area contributed by atoms with Crippen LogP contribution in [0.5, 0.6) is 0 Å². The summed E-state index contributed by atoms with van der Waals surface area (Å²) in [5, 5.41) is 4.73. The van der Waals surface area contributed by atoms with E-state index in [2.05, 4.69) is 24.3 Å². The van der Waals surface area contributed by atoms with Gasteiger partial charge in [0.15, 0.2) is 5.78 Å². The lowest BCUT2D eigenvalue weighted by Crippen LogP contribution is -2.21. The fraction of sp³-hybridized carbons (Fsp3) is 0.267. The summed E-state index contributed by atoms with van der Waals surface area (Å²) in [5.41, 5.74) is 4.67. The van der Waals surface area contributed by atoms with Crippen LogP contribution < -0.4 is 5.32 Å². The third kappa shape index (κ3) is 1.13. The molecule has 2 aliphatic carbocycles. The number of nitrogens with zero attached hydrogens (tertiary/aromatic N) is 1. The second kappa shape index (κ2) is 3.10. The molecule has 0 bridgehead atoms. The minimum Gasteiger partial charge on any atom is -0.294 e. The normalized spacial score (nSPS) is 28.8. The number of para-hydroxylation sites is 1. The van der Waals surface area contributed by atoms with Gasteiger partial charge in [-0.3, -0.25) is 10.1 Å². The van der Waals surface area contributed by atoms with Gasteiger partial charge in [0.25, 0.3) is 0 Å². The van der Waals surface area contributed by atoms with Gasteiger partial charge in [0.2, 0.25) is 0 Å². The number of ketones is 1. The highest BCUT2D eigenvalue weighted by atomic mass is 16.1. The van der Waals surface area contributed by atoms with E-state index in [4.69, 9.17) is 5.32 Å². The third-order valence-electron chi connectivity index (χ3n) is 4.00. The first kappa shape index (κ1) is 9.23. The average molecular weight is 222 g/mol. The second-order valence-electron chi connectivity index (χ2n) is 4.88. The molecule has 0 amide bonds. The summed E-state index contributed by atoms with van der Waals surface area (Å²) in [6.45, 7) is 0. The van der Waals surface area contributed by atoms with E-state index >= 15 is 0 Å². The van der Waals surface area contributed by atoms with Gasteiger partial charge in [-0.15, -0.1) is 0 Å². The van der Waals surface area contributed by atoms with Crippen LogP contribution in [-0.4, -0.2) is 11.8 Å². The highest BCUT2D eigenvalue weighted by Crippen LogP contribution is 2.48. The van der Waals surface area contributed by atoms with Crippen molar-refractivity contribution in [3.05, 3.63) is 53.1 Å². The van der Waals surface area contributed by atoms with Crippen molar-refractivity contribution >= 4 is 11.5 Å². The molecule has 4 rings (SSSR count). The SMILES string of the molecule is O=C1CCC2=C1C=CC1[N]c3ccccc3C21. The van der Waals surface area contributed by atoms with Gasteiger partial charge >= 0.3 is 0 Å². The van der Waals surface area contributed by atoms with Crippen molar-refractivity contribution in [1.29, 1.82) is 0 Å². The lowest BCUT2D eigenvalue weighted by Gasteiger charge is -2.22. The van der Waals surface area contributed by atoms with Gasteiger partial charge in [0, 0.05) is 17.9 Å². The van der Waals surface area contributed by atoms with Crippen LogP contribution in [0.2, 0.25) is 0 Å². The molecule has 0 saturated heterocycles. The molecule has 3 aliphatic rings. The van der Waals surface area contributed by atoms with E-state index in [0.29, 0.717) is 18.1 Å². The molecular weight excluding hydrogens is 210 g/mol. The van der Waals surface area contributed by atoms with Crippen molar-refractivity contribution in [2.45, 2.75) is 24.8 Å². The number of hydrogen-bond acceptors (Lipinski definition) is 1. The maximum absolute atomic E-state index is 11.8. The van der Waals surface area contributed by atoms with E-state index in [0.717, 1.165) is 17.7 Å². The van der Waals surface area contributed by atoms with E-state index < -0.39 is 0 Å². The second-order valence-corrected chi connectivity index (χ2v) is 4.88. The van der Waals surface area contributed by atoms with Gasteiger partial charge in [-0.25, -0.2) is 0 Å². The molecule has 0 N–H and O–H groups in total. The van der Waals surface area contributed by atoms with E-state index in [9.17, 15) is 4.79 Å². The first-order valence-corrected chi connectivity index (χ1v) is 6.09. The molecule has 2 atom stereocenters. The van der Waals surface area contributed by atoms with Crippen molar-refractivity contribution in [2.75, 3.05) is 0 Å². The lowest BCUT2D eigenvalue weighted by molar-refractivity contribution is -0.114. The highest BCUT2D eigenvalue weighted by Gasteiger charge is 2.40. The Labute approximate surface area is 100 Å². The maximum Gasteiger partial charge on any atom is 0.163 e. The molecule has 1 aromatic carbocycles. The molecule has 83 valence electrons. The molecule has 0 spiro atoms. The van der Waals surface area contributed by atoms with Crippen LogP contribution >= 0.6 is 0 Å². The first-order valence-electron chi connectivity index (χ1n) is 6.09. The van der Waals surface area contributed by atoms with Crippen molar-refractivity contribution < 1.29 is 4.79 Å². The number of allylic oxidation sites excluding steroid dienone is 2. The van der Waals surface area contributed by atoms with Gasteiger partial charge in [-0.1, -0.05) is 30.4 Å². The van der Waals surface area contributed by atoms with E-state index in [-0.39, 0.29) is 6.04 Å². The maximum atomic E-state index is 11.8. The monoisotopic (exact) mass is 222 g/mol. The van der Waals surface area contributed by atoms with Crippen molar-refractivity contribution in [1.82, 2.24) is 5.32 Å². The molecule has 1 heterocycles. The highest BCUT2D eigenvalue weighted by molar-refractivity contribution is 6.02. The number of rotatable bonds is 0. The molecule has 0 aromatic heterocycles. The molecule has 1 aliphatic heterocycles. The Kier molecular flexibility index (Phi) is 1.68. The van der Waals surface area contributed by atoms with Gasteiger partial charge in [-0.05, 0) is 23.6 Å². The first-order chi connectivity index (χ1) is 8.34. The van der Waals surface area contributed by atoms with Crippen LogP contribution in [0.4, 0.5) is 5.69 Å². The minimum absolute atomic E-state index is 0.219. The number of carbonyl (C=O) groups excluding carboxylic acids is 1. The van der Waals surface area contributed by atoms with E-state index in [1.54, 1.807) is 0 Å². The van der Waals surface area contributed by atoms with E-state index in [1.807, 2.05) is 12.1 Å². The summed E-state index contributed by atoms with van der Waals surface area (Å²) in [6, 6.07) is 8.52. The minimum atomic E-state index is 0.219. The van der Waals surface area contributed by atoms with Crippen molar-refractivity contribution in [3.8, 4) is 0 Å². The van der Waals surface area contributed by atoms with Gasteiger partial charge in [0.05, 0.1) is 11.7 Å². The zero-order valence-corrected chi connectivity index (χ0v) is 9.39. The molecule has 1 aromatic rings. The van der Waals surface area contributed by atoms with Gasteiger partial charge in [0.1, 0.15) is 0 Å². The van der Waals surface area contributed by atoms with Crippen LogP contribution in [-0.2, 0) is 4.79 Å². The zero-order chi connectivity index (χ0) is 11.4. The Bertz CT molecular complexity index is 582. The predicted molar refractivity (Wildman–Crippen MR) is 65.2 cm³/mol. The van der Waals surface area contributed by atoms with E-state index in [1.165, 1.54) is 11.1 Å². The van der Waals surface area contributed by atoms with Gasteiger partial charge in [-0.2, -0.15) is 0 Å². The molecule has 1 radical (unpaired) electrons. The van der Waals surface area contributed by atoms with Gasteiger partial charge < -0.3 is 0 Å². The van der Waals surface area contributed by atoms with Crippen LogP contribution in [0.25, 0.3) is 0 Å². The summed E-state index contributed by atoms with van der Waals surface area (Å²) in [4.78, 5) is 11.8. The predicted octanol–water partition coefficient (Wildman–Crippen LogP) is 2.62. The number of Topliss-reactive ketones (excluding diaryl/α,β-unsaturated/α-hetero) is 1. The number of carbonyl (C=O) groups is 1. The average Bonchev–Trinajstić information content (AvgIpc) is 2.90. The molecule has 17 heavy (non-hydrogen) atoms. The Morgan fingerprint density at radius 1 is 1.18 bits per heavy atom. The van der Waals surface area contributed by atoms with Crippen LogP contribution in [0.15, 0.2) is 47.6 Å². The quantitative estimate of drug-likeness (QED) is 0.663. The largest absolute Gasteiger partial charge is 0.294 e. The van der Waals surface area contributed by atoms with Crippen LogP contribution in [0, 0.1) is 0 Å². The summed E-state index contributed by atoms with van der Waals surface area (Å²) >= 11 is 0. The lowest BCUT2D eigenvalue weighted by atomic mass is 9.82. The van der Waals surface area contributed by atoms with Crippen molar-refractivity contribution in [2.24, 2.45) is 0 Å². The molecule has 2 nitrogen and oxygen atoms in total. The summed E-state index contributed by atoms with van der Waals surface area (Å²) in [6.07, 6.45) is 5.68. The van der Waals surface area contributed by atoms with Crippen molar-refractivity contribution in [3.63, 3.8) is 0 Å². The summed E-state index contributed by atoms with van der Waals surface area (Å²) in [7, 11) is 0. The number of hydrogen-bond donors (Lipinski definition) is 0. The van der Waals surface area contributed by atoms with Crippen LogP contribution in [0.1, 0.15) is 24.3 Å². The topological polar surface area (TPSA) is 31.2 Å². The molecule has 0 fully saturated rings. The fourth-order valence-corrected chi connectivity index (χ4v) is 3.25. The molecule has 0 saturated carbocycles. The Morgan fingerprint density at radius 2 is 2.06 bits per heavy atom. The molecular formula is C15H12NO. The Balaban J connectivity index is 1.90. The van der Waals surface area contributed by atoms with Crippen LogP contribution in [0.3, 0.4) is 0 Å². The smallest absolute Gasteiger partial charge is 0.163 e. The zero-order valence-electron chi connectivity index (χ0n) is 9.39. The number of fused-ring (bicyclic) bond motifs is 4.